The van der Waals surface area contributed by atoms with Gasteiger partial charge in [0.1, 0.15) is 6.07 Å². The predicted molar refractivity (Wildman–Crippen MR) is 131 cm³/mol. The summed E-state index contributed by atoms with van der Waals surface area (Å²) in [4.78, 5) is 21.9. The molecule has 0 spiro atoms. The molecule has 3 aromatic carbocycles. The summed E-state index contributed by atoms with van der Waals surface area (Å²) in [6, 6.07) is 18.0. The normalized spacial score (nSPS) is 10.8. The number of aromatic nitrogens is 1. The summed E-state index contributed by atoms with van der Waals surface area (Å²) in [5.41, 5.74) is 7.87. The van der Waals surface area contributed by atoms with Crippen LogP contribution in [-0.2, 0) is 0 Å². The molecule has 0 bridgehead atoms. The molecular weight excluding hydrogens is 430 g/mol. The monoisotopic (exact) mass is 454 g/mol. The van der Waals surface area contributed by atoms with Gasteiger partial charge in [-0.1, -0.05) is 36.4 Å². The maximum absolute atomic E-state index is 11.9. The standard InChI is InChI=1S/C27H24N3O4/c1-17-7-5-8-18(2)26(17)21-13-22(27-19(3)9-6-10-20(27)4)16-28(15-21)24-12-11-23(29(31)32)14-25(24)30(33)34/h5-16H,1-4H3/q+1. The number of rotatable bonds is 5. The largest absolute Gasteiger partial charge is 0.347 e. The average Bonchev–Trinajstić information content (AvgIpc) is 2.78. The van der Waals surface area contributed by atoms with Crippen molar-refractivity contribution in [2.75, 3.05) is 0 Å². The fraction of sp³-hybridized carbons (Fsp3) is 0.148. The zero-order valence-electron chi connectivity index (χ0n) is 19.4. The lowest BCUT2D eigenvalue weighted by Crippen LogP contribution is -2.31. The molecule has 0 saturated carbocycles. The minimum atomic E-state index is -0.628. The quantitative estimate of drug-likeness (QED) is 0.200. The fourth-order valence-electron chi connectivity index (χ4n) is 4.52. The Bertz CT molecular complexity index is 1350. The van der Waals surface area contributed by atoms with E-state index in [1.807, 2.05) is 76.5 Å². The molecule has 4 rings (SSSR count). The van der Waals surface area contributed by atoms with Crippen molar-refractivity contribution in [3.05, 3.63) is 116 Å². The van der Waals surface area contributed by atoms with Crippen LogP contribution in [-0.4, -0.2) is 9.85 Å². The highest BCUT2D eigenvalue weighted by atomic mass is 16.6. The van der Waals surface area contributed by atoms with Gasteiger partial charge in [0.2, 0.25) is 0 Å². The Labute approximate surface area is 197 Å². The minimum absolute atomic E-state index is 0.260. The predicted octanol–water partition coefficient (Wildman–Crippen LogP) is 6.35. The summed E-state index contributed by atoms with van der Waals surface area (Å²) >= 11 is 0. The van der Waals surface area contributed by atoms with Crippen LogP contribution < -0.4 is 4.57 Å². The summed E-state index contributed by atoms with van der Waals surface area (Å²) in [6.07, 6.45) is 3.70. The van der Waals surface area contributed by atoms with Gasteiger partial charge in [-0.3, -0.25) is 20.2 Å². The van der Waals surface area contributed by atoms with E-state index in [1.54, 1.807) is 4.57 Å². The van der Waals surface area contributed by atoms with Crippen LogP contribution in [0.15, 0.2) is 73.1 Å². The van der Waals surface area contributed by atoms with Gasteiger partial charge >= 0.3 is 5.69 Å². The molecule has 7 heteroatoms. The van der Waals surface area contributed by atoms with E-state index in [9.17, 15) is 20.2 Å². The highest BCUT2D eigenvalue weighted by Gasteiger charge is 2.28. The van der Waals surface area contributed by atoms with Gasteiger partial charge in [-0.05, 0) is 67.1 Å². The first-order valence-corrected chi connectivity index (χ1v) is 10.8. The third kappa shape index (κ3) is 4.15. The number of non-ortho nitro benzene ring substituents is 1. The molecule has 1 heterocycles. The van der Waals surface area contributed by atoms with Gasteiger partial charge in [0.15, 0.2) is 12.4 Å². The number of hydrogen-bond donors (Lipinski definition) is 0. The van der Waals surface area contributed by atoms with Gasteiger partial charge in [0.05, 0.1) is 9.85 Å². The molecule has 0 atom stereocenters. The second kappa shape index (κ2) is 8.86. The number of pyridine rings is 1. The average molecular weight is 455 g/mol. The van der Waals surface area contributed by atoms with E-state index >= 15 is 0 Å². The van der Waals surface area contributed by atoms with Crippen LogP contribution in [0.4, 0.5) is 11.4 Å². The Morgan fingerprint density at radius 1 is 0.647 bits per heavy atom. The summed E-state index contributed by atoms with van der Waals surface area (Å²) in [7, 11) is 0. The number of nitro benzene ring substituents is 2. The second-order valence-corrected chi connectivity index (χ2v) is 8.44. The molecule has 0 radical (unpaired) electrons. The van der Waals surface area contributed by atoms with Gasteiger partial charge in [0, 0.05) is 23.3 Å². The summed E-state index contributed by atoms with van der Waals surface area (Å²) < 4.78 is 1.70. The number of aryl methyl sites for hydroxylation is 4. The van der Waals surface area contributed by atoms with E-state index in [0.29, 0.717) is 0 Å². The van der Waals surface area contributed by atoms with Crippen LogP contribution in [0.25, 0.3) is 27.9 Å². The zero-order chi connectivity index (χ0) is 24.6. The smallest absolute Gasteiger partial charge is 0.258 e. The fourth-order valence-corrected chi connectivity index (χ4v) is 4.52. The van der Waals surface area contributed by atoms with Crippen LogP contribution in [0.5, 0.6) is 0 Å². The molecule has 0 fully saturated rings. The minimum Gasteiger partial charge on any atom is -0.258 e. The molecule has 7 nitrogen and oxygen atoms in total. The molecule has 0 amide bonds. The Kier molecular flexibility index (Phi) is 5.94. The Balaban J connectivity index is 2.07. The second-order valence-electron chi connectivity index (χ2n) is 8.44. The third-order valence-electron chi connectivity index (χ3n) is 6.05. The number of nitro groups is 2. The lowest BCUT2D eigenvalue weighted by atomic mass is 9.92. The molecule has 0 N–H and O–H groups in total. The van der Waals surface area contributed by atoms with Crippen molar-refractivity contribution in [1.29, 1.82) is 0 Å². The molecule has 0 saturated heterocycles. The summed E-state index contributed by atoms with van der Waals surface area (Å²) in [6.45, 7) is 8.14. The summed E-state index contributed by atoms with van der Waals surface area (Å²) in [5.74, 6) is 0. The van der Waals surface area contributed by atoms with Gasteiger partial charge in [-0.25, -0.2) is 0 Å². The first-order chi connectivity index (χ1) is 16.2. The lowest BCUT2D eigenvalue weighted by Gasteiger charge is -2.13. The number of hydrogen-bond acceptors (Lipinski definition) is 4. The van der Waals surface area contributed by atoms with E-state index in [2.05, 4.69) is 6.07 Å². The Morgan fingerprint density at radius 3 is 1.53 bits per heavy atom. The van der Waals surface area contributed by atoms with Crippen molar-refractivity contribution in [2.24, 2.45) is 0 Å². The maximum atomic E-state index is 11.9. The van der Waals surface area contributed by atoms with E-state index in [1.165, 1.54) is 12.1 Å². The van der Waals surface area contributed by atoms with Crippen LogP contribution >= 0.6 is 0 Å². The van der Waals surface area contributed by atoms with Gasteiger partial charge in [-0.15, -0.1) is 0 Å². The molecule has 170 valence electrons. The van der Waals surface area contributed by atoms with Crippen LogP contribution in [0.2, 0.25) is 0 Å². The molecule has 0 aliphatic carbocycles. The SMILES string of the molecule is Cc1cccc(C)c1-c1cc(-c2c(C)cccc2C)c[n+](-c2ccc([N+](=O)[O-])cc2[N+](=O)[O-])c1. The van der Waals surface area contributed by atoms with Crippen molar-refractivity contribution in [3.8, 4) is 27.9 Å². The van der Waals surface area contributed by atoms with Gasteiger partial charge < -0.3 is 0 Å². The Hall–Kier alpha value is -4.39. The number of benzene rings is 3. The molecular formula is C27H24N3O4+. The highest BCUT2D eigenvalue weighted by Crippen LogP contribution is 2.33. The van der Waals surface area contributed by atoms with E-state index < -0.39 is 9.85 Å². The zero-order valence-corrected chi connectivity index (χ0v) is 19.4. The summed E-state index contributed by atoms with van der Waals surface area (Å²) in [5, 5.41) is 23.1. The van der Waals surface area contributed by atoms with Crippen molar-refractivity contribution in [3.63, 3.8) is 0 Å². The molecule has 4 aromatic rings. The van der Waals surface area contributed by atoms with Crippen molar-refractivity contribution < 1.29 is 14.4 Å². The van der Waals surface area contributed by atoms with E-state index in [4.69, 9.17) is 0 Å². The third-order valence-corrected chi connectivity index (χ3v) is 6.05. The van der Waals surface area contributed by atoms with Gasteiger partial charge in [0.25, 0.3) is 11.4 Å². The van der Waals surface area contributed by atoms with Crippen molar-refractivity contribution >= 4 is 11.4 Å². The molecule has 1 aromatic heterocycles. The molecule has 34 heavy (non-hydrogen) atoms. The van der Waals surface area contributed by atoms with Gasteiger partial charge in [-0.2, -0.15) is 4.57 Å². The van der Waals surface area contributed by atoms with Crippen LogP contribution in [0, 0.1) is 47.9 Å². The number of nitrogens with zero attached hydrogens (tertiary/aromatic N) is 3. The van der Waals surface area contributed by atoms with Crippen molar-refractivity contribution in [2.45, 2.75) is 27.7 Å². The van der Waals surface area contributed by atoms with Crippen LogP contribution in [0.3, 0.4) is 0 Å². The maximum Gasteiger partial charge on any atom is 0.347 e. The lowest BCUT2D eigenvalue weighted by molar-refractivity contribution is -0.599. The molecule has 0 unspecified atom stereocenters. The molecule has 0 aliphatic heterocycles. The topological polar surface area (TPSA) is 90.2 Å². The first-order valence-electron chi connectivity index (χ1n) is 10.8. The van der Waals surface area contributed by atoms with E-state index in [0.717, 1.165) is 50.6 Å². The van der Waals surface area contributed by atoms with E-state index in [-0.39, 0.29) is 17.1 Å². The van der Waals surface area contributed by atoms with Crippen LogP contribution in [0.1, 0.15) is 22.3 Å². The van der Waals surface area contributed by atoms with Crippen molar-refractivity contribution in [1.82, 2.24) is 0 Å². The molecule has 0 aliphatic rings. The highest BCUT2D eigenvalue weighted by molar-refractivity contribution is 5.77. The Morgan fingerprint density at radius 2 is 1.12 bits per heavy atom. The first kappa shape index (κ1) is 22.8.